The number of Topliss-reactive ketones (excluding diaryl/α,β-unsaturated/α-hetero) is 1. The lowest BCUT2D eigenvalue weighted by molar-refractivity contribution is -0.384. The molecule has 0 aromatic heterocycles. The molecule has 2 rings (SSSR count). The second-order valence-electron chi connectivity index (χ2n) is 4.28. The third-order valence-corrected chi connectivity index (χ3v) is 3.08. The van der Waals surface area contributed by atoms with Crippen LogP contribution in [-0.4, -0.2) is 10.7 Å². The molecule has 4 heteroatoms. The minimum atomic E-state index is -0.385. The van der Waals surface area contributed by atoms with Crippen LogP contribution in [0.1, 0.15) is 36.8 Å². The highest BCUT2D eigenvalue weighted by Crippen LogP contribution is 2.37. The first-order valence-corrected chi connectivity index (χ1v) is 5.34. The summed E-state index contributed by atoms with van der Waals surface area (Å²) < 4.78 is 0. The second-order valence-corrected chi connectivity index (χ2v) is 4.28. The molecule has 0 N–H and O–H groups in total. The predicted molar refractivity (Wildman–Crippen MR) is 59.5 cm³/mol. The first-order chi connectivity index (χ1) is 7.58. The van der Waals surface area contributed by atoms with Crippen molar-refractivity contribution in [1.82, 2.24) is 0 Å². The SMILES string of the molecule is CC(=O)CC1CCc2ccc([N+](=O)[O-])cc21. The van der Waals surface area contributed by atoms with Crippen molar-refractivity contribution in [2.24, 2.45) is 0 Å². The number of hydrogen-bond donors (Lipinski definition) is 0. The molecule has 0 fully saturated rings. The van der Waals surface area contributed by atoms with E-state index >= 15 is 0 Å². The van der Waals surface area contributed by atoms with Crippen molar-refractivity contribution < 1.29 is 9.72 Å². The fourth-order valence-corrected chi connectivity index (χ4v) is 2.35. The van der Waals surface area contributed by atoms with Crippen molar-refractivity contribution in [3.8, 4) is 0 Å². The summed E-state index contributed by atoms with van der Waals surface area (Å²) in [6, 6.07) is 4.97. The number of non-ortho nitro benzene ring substituents is 1. The standard InChI is InChI=1S/C12H13NO3/c1-8(14)6-10-3-2-9-4-5-11(13(15)16)7-12(9)10/h4-5,7,10H,2-3,6H2,1H3. The molecule has 0 heterocycles. The smallest absolute Gasteiger partial charge is 0.269 e. The maximum absolute atomic E-state index is 11.1. The van der Waals surface area contributed by atoms with Crippen LogP contribution in [0, 0.1) is 10.1 Å². The Balaban J connectivity index is 2.33. The number of hydrogen-bond acceptors (Lipinski definition) is 3. The van der Waals surface area contributed by atoms with Gasteiger partial charge in [-0.15, -0.1) is 0 Å². The molecule has 0 bridgehead atoms. The molecule has 16 heavy (non-hydrogen) atoms. The highest BCUT2D eigenvalue weighted by atomic mass is 16.6. The summed E-state index contributed by atoms with van der Waals surface area (Å²) >= 11 is 0. The largest absolute Gasteiger partial charge is 0.300 e. The molecule has 84 valence electrons. The Morgan fingerprint density at radius 1 is 1.56 bits per heavy atom. The van der Waals surface area contributed by atoms with Gasteiger partial charge in [-0.1, -0.05) is 6.07 Å². The molecule has 1 atom stereocenters. The summed E-state index contributed by atoms with van der Waals surface area (Å²) in [5.74, 6) is 0.316. The van der Waals surface area contributed by atoms with Gasteiger partial charge in [-0.2, -0.15) is 0 Å². The van der Waals surface area contributed by atoms with E-state index in [1.807, 2.05) is 6.07 Å². The van der Waals surface area contributed by atoms with Crippen LogP contribution in [0.5, 0.6) is 0 Å². The molecule has 1 unspecified atom stereocenters. The monoisotopic (exact) mass is 219 g/mol. The molecule has 0 spiro atoms. The van der Waals surface area contributed by atoms with Gasteiger partial charge in [-0.25, -0.2) is 0 Å². The lowest BCUT2D eigenvalue weighted by atomic mass is 9.96. The Morgan fingerprint density at radius 2 is 2.31 bits per heavy atom. The van der Waals surface area contributed by atoms with Crippen LogP contribution in [0.3, 0.4) is 0 Å². The van der Waals surface area contributed by atoms with Crippen LogP contribution in [0.4, 0.5) is 5.69 Å². The van der Waals surface area contributed by atoms with E-state index in [9.17, 15) is 14.9 Å². The van der Waals surface area contributed by atoms with Gasteiger partial charge in [0.15, 0.2) is 0 Å². The molecular weight excluding hydrogens is 206 g/mol. The van der Waals surface area contributed by atoms with E-state index in [0.29, 0.717) is 6.42 Å². The maximum Gasteiger partial charge on any atom is 0.269 e. The molecule has 0 radical (unpaired) electrons. The first-order valence-electron chi connectivity index (χ1n) is 5.34. The molecule has 1 aliphatic carbocycles. The molecule has 4 nitrogen and oxygen atoms in total. The molecule has 1 aromatic rings. The van der Waals surface area contributed by atoms with Crippen molar-refractivity contribution >= 4 is 11.5 Å². The molecule has 0 saturated carbocycles. The zero-order valence-electron chi connectivity index (χ0n) is 9.10. The Kier molecular flexibility index (Phi) is 2.73. The van der Waals surface area contributed by atoms with Crippen molar-refractivity contribution in [1.29, 1.82) is 0 Å². The summed E-state index contributed by atoms with van der Waals surface area (Å²) in [5.41, 5.74) is 2.26. The molecular formula is C12H13NO3. The van der Waals surface area contributed by atoms with Gasteiger partial charge in [0.1, 0.15) is 5.78 Å². The fraction of sp³-hybridized carbons (Fsp3) is 0.417. The number of nitro groups is 1. The van der Waals surface area contributed by atoms with Gasteiger partial charge < -0.3 is 4.79 Å². The average Bonchev–Trinajstić information content (AvgIpc) is 2.60. The Morgan fingerprint density at radius 3 is 2.94 bits per heavy atom. The number of carbonyl (C=O) groups excluding carboxylic acids is 1. The number of rotatable bonds is 3. The summed E-state index contributed by atoms with van der Waals surface area (Å²) in [7, 11) is 0. The summed E-state index contributed by atoms with van der Waals surface area (Å²) in [6.45, 7) is 1.56. The van der Waals surface area contributed by atoms with Gasteiger partial charge in [0.05, 0.1) is 4.92 Å². The van der Waals surface area contributed by atoms with E-state index < -0.39 is 0 Å². The first kappa shape index (κ1) is 10.8. The lowest BCUT2D eigenvalue weighted by Gasteiger charge is -2.08. The highest BCUT2D eigenvalue weighted by molar-refractivity contribution is 5.76. The Bertz CT molecular complexity index is 454. The zero-order valence-corrected chi connectivity index (χ0v) is 9.10. The second kappa shape index (κ2) is 4.04. The third-order valence-electron chi connectivity index (χ3n) is 3.08. The maximum atomic E-state index is 11.1. The van der Waals surface area contributed by atoms with Crippen molar-refractivity contribution in [2.75, 3.05) is 0 Å². The number of nitrogens with zero attached hydrogens (tertiary/aromatic N) is 1. The fourth-order valence-electron chi connectivity index (χ4n) is 2.35. The minimum Gasteiger partial charge on any atom is -0.300 e. The van der Waals surface area contributed by atoms with E-state index in [1.165, 1.54) is 6.07 Å². The molecule has 0 aliphatic heterocycles. The Hall–Kier alpha value is -1.71. The quantitative estimate of drug-likeness (QED) is 0.580. The number of carbonyl (C=O) groups is 1. The molecule has 0 saturated heterocycles. The molecule has 1 aromatic carbocycles. The number of aryl methyl sites for hydroxylation is 1. The average molecular weight is 219 g/mol. The normalized spacial score (nSPS) is 18.2. The topological polar surface area (TPSA) is 60.2 Å². The zero-order chi connectivity index (χ0) is 11.7. The van der Waals surface area contributed by atoms with Crippen LogP contribution < -0.4 is 0 Å². The van der Waals surface area contributed by atoms with E-state index in [-0.39, 0.29) is 22.3 Å². The van der Waals surface area contributed by atoms with E-state index in [4.69, 9.17) is 0 Å². The van der Waals surface area contributed by atoms with E-state index in [0.717, 1.165) is 24.0 Å². The van der Waals surface area contributed by atoms with Gasteiger partial charge in [-0.05, 0) is 36.8 Å². The highest BCUT2D eigenvalue weighted by Gasteiger charge is 2.25. The number of nitro benzene ring substituents is 1. The van der Waals surface area contributed by atoms with Gasteiger partial charge in [-0.3, -0.25) is 10.1 Å². The number of ketones is 1. The van der Waals surface area contributed by atoms with Crippen LogP contribution in [-0.2, 0) is 11.2 Å². The number of fused-ring (bicyclic) bond motifs is 1. The van der Waals surface area contributed by atoms with E-state index in [1.54, 1.807) is 13.0 Å². The van der Waals surface area contributed by atoms with E-state index in [2.05, 4.69) is 0 Å². The van der Waals surface area contributed by atoms with Gasteiger partial charge >= 0.3 is 0 Å². The predicted octanol–water partition coefficient (Wildman–Crippen LogP) is 2.60. The minimum absolute atomic E-state index is 0.120. The lowest BCUT2D eigenvalue weighted by Crippen LogP contribution is -2.01. The van der Waals surface area contributed by atoms with Crippen LogP contribution >= 0.6 is 0 Å². The van der Waals surface area contributed by atoms with Crippen molar-refractivity contribution in [2.45, 2.75) is 32.1 Å². The van der Waals surface area contributed by atoms with Crippen molar-refractivity contribution in [3.63, 3.8) is 0 Å². The van der Waals surface area contributed by atoms with Crippen LogP contribution in [0.25, 0.3) is 0 Å². The summed E-state index contributed by atoms with van der Waals surface area (Å²) in [5, 5.41) is 10.7. The summed E-state index contributed by atoms with van der Waals surface area (Å²) in [6.07, 6.45) is 2.34. The Labute approximate surface area is 93.4 Å². The van der Waals surface area contributed by atoms with Crippen molar-refractivity contribution in [3.05, 3.63) is 39.4 Å². The molecule has 0 amide bonds. The number of benzene rings is 1. The molecule has 1 aliphatic rings. The van der Waals surface area contributed by atoms with Gasteiger partial charge in [0, 0.05) is 18.6 Å². The van der Waals surface area contributed by atoms with Crippen LogP contribution in [0.15, 0.2) is 18.2 Å². The van der Waals surface area contributed by atoms with Gasteiger partial charge in [0.2, 0.25) is 0 Å². The summed E-state index contributed by atoms with van der Waals surface area (Å²) in [4.78, 5) is 21.4. The van der Waals surface area contributed by atoms with Gasteiger partial charge in [0.25, 0.3) is 5.69 Å². The van der Waals surface area contributed by atoms with Crippen LogP contribution in [0.2, 0.25) is 0 Å². The third kappa shape index (κ3) is 1.96.